The number of fused-ring (bicyclic) bond motifs is 5. The minimum absolute atomic E-state index is 0.0198. The lowest BCUT2D eigenvalue weighted by Crippen LogP contribution is -2.62. The number of hydrogen-bond donors (Lipinski definition) is 4. The molecule has 5 unspecified atom stereocenters. The van der Waals surface area contributed by atoms with Crippen molar-refractivity contribution in [2.75, 3.05) is 0 Å². The van der Waals surface area contributed by atoms with Gasteiger partial charge in [0.25, 0.3) is 0 Å². The molecule has 0 heterocycles. The molecule has 0 amide bonds. The van der Waals surface area contributed by atoms with Crippen molar-refractivity contribution < 1.29 is 42.8 Å². The predicted molar refractivity (Wildman–Crippen MR) is 120 cm³/mol. The van der Waals surface area contributed by atoms with Crippen molar-refractivity contribution in [1.82, 2.24) is 0 Å². The summed E-state index contributed by atoms with van der Waals surface area (Å²) in [6.07, 6.45) is -6.78. The van der Waals surface area contributed by atoms with E-state index in [0.29, 0.717) is 6.42 Å². The lowest BCUT2D eigenvalue weighted by atomic mass is 9.43. The van der Waals surface area contributed by atoms with Gasteiger partial charge in [0.05, 0.1) is 18.3 Å². The van der Waals surface area contributed by atoms with Crippen molar-refractivity contribution in [3.05, 3.63) is 0 Å². The van der Waals surface area contributed by atoms with Crippen LogP contribution in [0.4, 0.5) is 0 Å². The Hall–Kier alpha value is -0.740. The van der Waals surface area contributed by atoms with E-state index in [-0.39, 0.29) is 49.4 Å². The third-order valence-electron chi connectivity index (χ3n) is 9.81. The van der Waals surface area contributed by atoms with Crippen LogP contribution in [0.1, 0.15) is 83.9 Å². The van der Waals surface area contributed by atoms with E-state index in [2.05, 4.69) is 4.18 Å². The first-order valence-corrected chi connectivity index (χ1v) is 13.4. The van der Waals surface area contributed by atoms with Crippen molar-refractivity contribution in [2.45, 2.75) is 96.8 Å². The molecule has 0 aromatic carbocycles. The summed E-state index contributed by atoms with van der Waals surface area (Å²) >= 11 is 0. The van der Waals surface area contributed by atoms with Crippen molar-refractivity contribution in [3.8, 4) is 0 Å². The Morgan fingerprint density at radius 1 is 1.21 bits per heavy atom. The van der Waals surface area contributed by atoms with Gasteiger partial charge < -0.3 is 15.3 Å². The zero-order valence-corrected chi connectivity index (χ0v) is 20.3. The number of carbonyl (C=O) groups is 1. The molecule has 4 N–H and O–H groups in total. The Labute approximate surface area is 202 Å². The van der Waals surface area contributed by atoms with Gasteiger partial charge in [-0.2, -0.15) is 8.42 Å². The molecule has 190 valence electrons. The van der Waals surface area contributed by atoms with Crippen LogP contribution >= 0.6 is 0 Å². The molecule has 8 nitrogen and oxygen atoms in total. The highest BCUT2D eigenvalue weighted by molar-refractivity contribution is 7.80. The molecule has 4 aliphatic rings. The molecule has 4 rings (SSSR count). The van der Waals surface area contributed by atoms with Gasteiger partial charge in [-0.05, 0) is 97.6 Å². The highest BCUT2D eigenvalue weighted by atomic mass is 32.3. The number of carboxylic acid groups (broad SMARTS) is 1. The molecule has 0 aromatic rings. The van der Waals surface area contributed by atoms with E-state index in [1.807, 2.05) is 13.8 Å². The van der Waals surface area contributed by atoms with E-state index in [1.54, 1.807) is 6.92 Å². The van der Waals surface area contributed by atoms with Crippen LogP contribution in [-0.4, -0.2) is 52.6 Å². The van der Waals surface area contributed by atoms with E-state index in [0.717, 1.165) is 12.8 Å². The predicted octanol–water partition coefficient (Wildman–Crippen LogP) is 3.28. The fourth-order valence-electron chi connectivity index (χ4n) is 8.16. The number of carboxylic acids is 1. The smallest absolute Gasteiger partial charge is 0.397 e. The topological polar surface area (TPSA) is 141 Å². The molecule has 4 aliphatic carbocycles. The molecule has 9 heteroatoms. The molecule has 0 aliphatic heterocycles. The van der Waals surface area contributed by atoms with E-state index in [1.165, 1.54) is 0 Å². The number of aliphatic carboxylic acids is 1. The SMILES string of the molecule is [2H]C1([2H])C[C@]2(C)C3C[C@H](O)[C@@]4(C)C(CCC4[C@H](C)CCC(=O)O)C3C(O)C[C@@H]2C([2H])([2H])[C@@H]1OS(=O)(=O)O. The maximum Gasteiger partial charge on any atom is 0.397 e. The zero-order valence-electron chi connectivity index (χ0n) is 23.5. The van der Waals surface area contributed by atoms with E-state index < -0.39 is 70.1 Å². The molecule has 4 fully saturated rings. The van der Waals surface area contributed by atoms with Crippen LogP contribution in [0, 0.1) is 46.3 Å². The largest absolute Gasteiger partial charge is 0.481 e. The van der Waals surface area contributed by atoms with Crippen LogP contribution in [0.5, 0.6) is 0 Å². The Kier molecular flexibility index (Phi) is 5.41. The molecule has 0 saturated heterocycles. The molecule has 4 saturated carbocycles. The second kappa shape index (κ2) is 8.73. The maximum absolute atomic E-state index is 11.6. The molecular formula is C24H40O8S. The number of rotatable bonds is 6. The van der Waals surface area contributed by atoms with Crippen molar-refractivity contribution in [1.29, 1.82) is 0 Å². The molecule has 0 radical (unpaired) electrons. The Bertz CT molecular complexity index is 1020. The fourth-order valence-corrected chi connectivity index (χ4v) is 8.53. The van der Waals surface area contributed by atoms with Crippen LogP contribution in [-0.2, 0) is 19.4 Å². The first kappa shape index (κ1) is 20.5. The summed E-state index contributed by atoms with van der Waals surface area (Å²) < 4.78 is 71.4. The summed E-state index contributed by atoms with van der Waals surface area (Å²) in [5.41, 5.74) is -1.57. The van der Waals surface area contributed by atoms with Gasteiger partial charge in [-0.15, -0.1) is 0 Å². The Balaban J connectivity index is 1.69. The van der Waals surface area contributed by atoms with Crippen LogP contribution in [0.15, 0.2) is 0 Å². The van der Waals surface area contributed by atoms with E-state index in [9.17, 15) is 28.0 Å². The monoisotopic (exact) mass is 492 g/mol. The number of hydrogen-bond acceptors (Lipinski definition) is 6. The van der Waals surface area contributed by atoms with Gasteiger partial charge in [-0.25, -0.2) is 4.18 Å². The highest BCUT2D eigenvalue weighted by Crippen LogP contribution is 2.68. The first-order chi connectivity index (χ1) is 16.8. The van der Waals surface area contributed by atoms with Crippen LogP contribution in [0.25, 0.3) is 0 Å². The van der Waals surface area contributed by atoms with E-state index >= 15 is 0 Å². The van der Waals surface area contributed by atoms with Crippen molar-refractivity contribution >= 4 is 16.4 Å². The quantitative estimate of drug-likeness (QED) is 0.414. The lowest BCUT2D eigenvalue weighted by molar-refractivity contribution is -0.206. The molecule has 33 heavy (non-hydrogen) atoms. The number of aliphatic hydroxyl groups excluding tert-OH is 2. The van der Waals surface area contributed by atoms with Gasteiger partial charge in [0, 0.05) is 11.9 Å². The lowest BCUT2D eigenvalue weighted by Gasteiger charge is -2.63. The first-order valence-electron chi connectivity index (χ1n) is 14.0. The second-order valence-electron chi connectivity index (χ2n) is 11.3. The third kappa shape index (κ3) is 4.37. The minimum atomic E-state index is -5.13. The Morgan fingerprint density at radius 2 is 1.91 bits per heavy atom. The average molecular weight is 493 g/mol. The fraction of sp³-hybridized carbons (Fsp3) is 0.958. The zero-order chi connectivity index (χ0) is 27.9. The summed E-state index contributed by atoms with van der Waals surface area (Å²) in [7, 11) is -5.13. The Morgan fingerprint density at radius 3 is 2.55 bits per heavy atom. The normalized spacial score (nSPS) is 53.3. The van der Waals surface area contributed by atoms with Crippen molar-refractivity contribution in [2.24, 2.45) is 46.3 Å². The maximum atomic E-state index is 11.6. The van der Waals surface area contributed by atoms with Crippen LogP contribution < -0.4 is 0 Å². The van der Waals surface area contributed by atoms with Gasteiger partial charge in [-0.1, -0.05) is 20.8 Å². The van der Waals surface area contributed by atoms with Gasteiger partial charge in [0.1, 0.15) is 0 Å². The minimum Gasteiger partial charge on any atom is -0.481 e. The summed E-state index contributed by atoms with van der Waals surface area (Å²) in [5.74, 6) is -2.55. The average Bonchev–Trinajstić information content (AvgIpc) is 3.10. The molecule has 0 spiro atoms. The molecule has 0 aromatic heterocycles. The van der Waals surface area contributed by atoms with Gasteiger partial charge in [-0.3, -0.25) is 9.35 Å². The van der Waals surface area contributed by atoms with E-state index in [4.69, 9.17) is 10.6 Å². The van der Waals surface area contributed by atoms with Crippen LogP contribution in [0.2, 0.25) is 0 Å². The summed E-state index contributed by atoms with van der Waals surface area (Å²) in [4.78, 5) is 11.2. The van der Waals surface area contributed by atoms with Crippen LogP contribution in [0.3, 0.4) is 0 Å². The summed E-state index contributed by atoms with van der Waals surface area (Å²) in [6.45, 7) is 5.80. The summed E-state index contributed by atoms with van der Waals surface area (Å²) in [6, 6.07) is 0. The van der Waals surface area contributed by atoms with Gasteiger partial charge in [0.2, 0.25) is 0 Å². The molecule has 0 bridgehead atoms. The summed E-state index contributed by atoms with van der Waals surface area (Å²) in [5, 5.41) is 32.2. The van der Waals surface area contributed by atoms with Crippen molar-refractivity contribution in [3.63, 3.8) is 0 Å². The standard InChI is InChI=1S/C24H40O8S/c1-13(4-7-21(27)28)16-5-6-17-22-18(12-20(26)24(16,17)3)23(2)9-8-15(32-33(29,30)31)10-14(23)11-19(22)25/h13-20,22,25-26H,4-12H2,1-3H3,(H,27,28)(H,29,30,31)/t13-,14+,15-,16?,17?,18?,19?,20+,22?,23+,24-/m1/s1/i8D2,10D2. The highest BCUT2D eigenvalue weighted by Gasteiger charge is 2.65. The van der Waals surface area contributed by atoms with Gasteiger partial charge >= 0.3 is 16.4 Å². The third-order valence-corrected chi connectivity index (χ3v) is 10.3. The molecule has 11 atom stereocenters. The number of aliphatic hydroxyl groups is 2. The van der Waals surface area contributed by atoms with Gasteiger partial charge in [0.15, 0.2) is 0 Å². The second-order valence-corrected chi connectivity index (χ2v) is 12.4. The molecular weight excluding hydrogens is 448 g/mol.